The van der Waals surface area contributed by atoms with E-state index in [4.69, 9.17) is 0 Å². The summed E-state index contributed by atoms with van der Waals surface area (Å²) < 4.78 is 0. The molecule has 0 saturated heterocycles. The Kier molecular flexibility index (Phi) is 4.57. The number of rotatable bonds is 4. The van der Waals surface area contributed by atoms with Crippen LogP contribution in [0, 0.1) is 20.8 Å². The molecule has 2 rings (SSSR count). The number of hydrogen-bond donors (Lipinski definition) is 1. The Bertz CT molecular complexity index is 599. The van der Waals surface area contributed by atoms with Crippen LogP contribution in [0.5, 0.6) is 0 Å². The second-order valence-corrected chi connectivity index (χ2v) is 5.28. The van der Waals surface area contributed by atoms with Crippen molar-refractivity contribution in [3.63, 3.8) is 0 Å². The van der Waals surface area contributed by atoms with Gasteiger partial charge in [-0.3, -0.25) is 4.79 Å². The number of carbonyl (C=O) groups excluding carboxylic acids is 1. The van der Waals surface area contributed by atoms with E-state index in [9.17, 15) is 4.79 Å². The molecule has 2 nitrogen and oxygen atoms in total. The van der Waals surface area contributed by atoms with Gasteiger partial charge in [0.05, 0.1) is 0 Å². The summed E-state index contributed by atoms with van der Waals surface area (Å²) in [7, 11) is 0. The van der Waals surface area contributed by atoms with Gasteiger partial charge in [-0.05, 0) is 49.9 Å². The fraction of sp³-hybridized carbons (Fsp3) is 0.278. The SMILES string of the molecule is Cc1ccc(CCC(=O)Nc2cccc(C)c2C)cc1. The highest BCUT2D eigenvalue weighted by Gasteiger charge is 2.06. The molecule has 0 bridgehead atoms. The fourth-order valence-corrected chi connectivity index (χ4v) is 2.11. The van der Waals surface area contributed by atoms with Crippen molar-refractivity contribution in [2.75, 3.05) is 5.32 Å². The summed E-state index contributed by atoms with van der Waals surface area (Å²) in [5, 5.41) is 2.99. The predicted octanol–water partition coefficient (Wildman–Crippen LogP) is 4.18. The number of aryl methyl sites for hydroxylation is 3. The lowest BCUT2D eigenvalue weighted by Gasteiger charge is -2.10. The van der Waals surface area contributed by atoms with E-state index >= 15 is 0 Å². The minimum absolute atomic E-state index is 0.0688. The van der Waals surface area contributed by atoms with Crippen LogP contribution in [0.1, 0.15) is 28.7 Å². The van der Waals surface area contributed by atoms with Crippen LogP contribution >= 0.6 is 0 Å². The molecule has 0 unspecified atom stereocenters. The molecule has 0 aromatic heterocycles. The smallest absolute Gasteiger partial charge is 0.224 e. The molecule has 104 valence electrons. The molecule has 0 atom stereocenters. The summed E-state index contributed by atoms with van der Waals surface area (Å²) in [6.07, 6.45) is 1.29. The number of carbonyl (C=O) groups is 1. The summed E-state index contributed by atoms with van der Waals surface area (Å²) in [6.45, 7) is 6.15. The van der Waals surface area contributed by atoms with Crippen LogP contribution in [-0.2, 0) is 11.2 Å². The van der Waals surface area contributed by atoms with Crippen molar-refractivity contribution in [3.05, 3.63) is 64.7 Å². The molecule has 0 aliphatic heterocycles. The lowest BCUT2D eigenvalue weighted by molar-refractivity contribution is -0.116. The topological polar surface area (TPSA) is 29.1 Å². The highest BCUT2D eigenvalue weighted by Crippen LogP contribution is 2.18. The van der Waals surface area contributed by atoms with Gasteiger partial charge in [-0.25, -0.2) is 0 Å². The molecule has 1 N–H and O–H groups in total. The molecular weight excluding hydrogens is 246 g/mol. The van der Waals surface area contributed by atoms with Gasteiger partial charge in [-0.1, -0.05) is 42.0 Å². The maximum atomic E-state index is 12.0. The molecule has 0 saturated carbocycles. The Morgan fingerprint density at radius 3 is 2.40 bits per heavy atom. The summed E-state index contributed by atoms with van der Waals surface area (Å²) in [5.41, 5.74) is 5.69. The Balaban J connectivity index is 1.92. The predicted molar refractivity (Wildman–Crippen MR) is 84.0 cm³/mol. The molecule has 0 heterocycles. The van der Waals surface area contributed by atoms with Gasteiger partial charge in [0, 0.05) is 12.1 Å². The first kappa shape index (κ1) is 14.3. The van der Waals surface area contributed by atoms with E-state index in [1.165, 1.54) is 16.7 Å². The van der Waals surface area contributed by atoms with Crippen molar-refractivity contribution in [2.24, 2.45) is 0 Å². The molecular formula is C18H21NO. The van der Waals surface area contributed by atoms with Gasteiger partial charge in [0.25, 0.3) is 0 Å². The average molecular weight is 267 g/mol. The fourth-order valence-electron chi connectivity index (χ4n) is 2.11. The highest BCUT2D eigenvalue weighted by molar-refractivity contribution is 5.91. The summed E-state index contributed by atoms with van der Waals surface area (Å²) in [5.74, 6) is 0.0688. The normalized spacial score (nSPS) is 10.3. The molecule has 0 aliphatic carbocycles. The van der Waals surface area contributed by atoms with E-state index in [2.05, 4.69) is 49.5 Å². The Labute approximate surface area is 120 Å². The molecule has 0 spiro atoms. The Hall–Kier alpha value is -2.09. The van der Waals surface area contributed by atoms with Gasteiger partial charge in [-0.15, -0.1) is 0 Å². The highest BCUT2D eigenvalue weighted by atomic mass is 16.1. The third kappa shape index (κ3) is 3.70. The number of anilines is 1. The van der Waals surface area contributed by atoms with Crippen LogP contribution in [0.3, 0.4) is 0 Å². The molecule has 2 aromatic carbocycles. The van der Waals surface area contributed by atoms with Crippen molar-refractivity contribution in [1.29, 1.82) is 0 Å². The van der Waals surface area contributed by atoms with Crippen LogP contribution < -0.4 is 5.32 Å². The summed E-state index contributed by atoms with van der Waals surface area (Å²) >= 11 is 0. The van der Waals surface area contributed by atoms with Crippen LogP contribution in [0.25, 0.3) is 0 Å². The van der Waals surface area contributed by atoms with E-state index in [0.717, 1.165) is 17.7 Å². The van der Waals surface area contributed by atoms with Gasteiger partial charge in [-0.2, -0.15) is 0 Å². The zero-order valence-electron chi connectivity index (χ0n) is 12.4. The van der Waals surface area contributed by atoms with E-state index in [0.29, 0.717) is 6.42 Å². The van der Waals surface area contributed by atoms with Gasteiger partial charge >= 0.3 is 0 Å². The van der Waals surface area contributed by atoms with E-state index in [1.54, 1.807) is 0 Å². The van der Waals surface area contributed by atoms with Gasteiger partial charge in [0.2, 0.25) is 5.91 Å². The van der Waals surface area contributed by atoms with E-state index < -0.39 is 0 Å². The molecule has 1 amide bonds. The van der Waals surface area contributed by atoms with E-state index in [-0.39, 0.29) is 5.91 Å². The van der Waals surface area contributed by atoms with Crippen molar-refractivity contribution >= 4 is 11.6 Å². The van der Waals surface area contributed by atoms with Crippen molar-refractivity contribution in [3.8, 4) is 0 Å². The monoisotopic (exact) mass is 267 g/mol. The van der Waals surface area contributed by atoms with Crippen molar-refractivity contribution in [1.82, 2.24) is 0 Å². The van der Waals surface area contributed by atoms with Crippen LogP contribution in [-0.4, -0.2) is 5.91 Å². The minimum atomic E-state index is 0.0688. The largest absolute Gasteiger partial charge is 0.326 e. The lowest BCUT2D eigenvalue weighted by Crippen LogP contribution is -2.13. The van der Waals surface area contributed by atoms with Crippen LogP contribution in [0.15, 0.2) is 42.5 Å². The number of benzene rings is 2. The zero-order valence-corrected chi connectivity index (χ0v) is 12.4. The van der Waals surface area contributed by atoms with Gasteiger partial charge in [0.15, 0.2) is 0 Å². The molecule has 2 heteroatoms. The van der Waals surface area contributed by atoms with Crippen LogP contribution in [0.2, 0.25) is 0 Å². The summed E-state index contributed by atoms with van der Waals surface area (Å²) in [4.78, 5) is 12.0. The molecule has 20 heavy (non-hydrogen) atoms. The Morgan fingerprint density at radius 1 is 1.00 bits per heavy atom. The molecule has 2 aromatic rings. The molecule has 0 radical (unpaired) electrons. The zero-order chi connectivity index (χ0) is 14.5. The Morgan fingerprint density at radius 2 is 1.70 bits per heavy atom. The molecule has 0 fully saturated rings. The maximum absolute atomic E-state index is 12.0. The second kappa shape index (κ2) is 6.38. The number of nitrogens with one attached hydrogen (secondary N) is 1. The third-order valence-electron chi connectivity index (χ3n) is 3.64. The maximum Gasteiger partial charge on any atom is 0.224 e. The quantitative estimate of drug-likeness (QED) is 0.884. The van der Waals surface area contributed by atoms with Gasteiger partial charge in [0.1, 0.15) is 0 Å². The summed E-state index contributed by atoms with van der Waals surface area (Å²) in [6, 6.07) is 14.3. The van der Waals surface area contributed by atoms with Crippen molar-refractivity contribution in [2.45, 2.75) is 33.6 Å². The number of amides is 1. The number of hydrogen-bond acceptors (Lipinski definition) is 1. The van der Waals surface area contributed by atoms with Crippen molar-refractivity contribution < 1.29 is 4.79 Å². The lowest BCUT2D eigenvalue weighted by atomic mass is 10.1. The molecule has 0 aliphatic rings. The minimum Gasteiger partial charge on any atom is -0.326 e. The average Bonchev–Trinajstić information content (AvgIpc) is 2.43. The van der Waals surface area contributed by atoms with Gasteiger partial charge < -0.3 is 5.32 Å². The second-order valence-electron chi connectivity index (χ2n) is 5.28. The third-order valence-corrected chi connectivity index (χ3v) is 3.64. The first-order valence-electron chi connectivity index (χ1n) is 6.98. The standard InChI is InChI=1S/C18H21NO/c1-13-7-9-16(10-8-13)11-12-18(20)19-17-6-4-5-14(2)15(17)3/h4-10H,11-12H2,1-3H3,(H,19,20). The van der Waals surface area contributed by atoms with Crippen LogP contribution in [0.4, 0.5) is 5.69 Å². The first-order chi connectivity index (χ1) is 9.56. The van der Waals surface area contributed by atoms with E-state index in [1.807, 2.05) is 19.1 Å². The first-order valence-corrected chi connectivity index (χ1v) is 6.98.